The molecule has 2 aliphatic rings. The molecular weight excluding hydrogens is 230 g/mol. The van der Waals surface area contributed by atoms with E-state index in [0.29, 0.717) is 0 Å². The predicted octanol–water partition coefficient (Wildman–Crippen LogP) is 3.58. The van der Waals surface area contributed by atoms with Crippen molar-refractivity contribution in [2.45, 2.75) is 38.1 Å². The number of rotatable bonds is 4. The highest BCUT2D eigenvalue weighted by molar-refractivity contribution is 7.10. The minimum atomic E-state index is 0.175. The summed E-state index contributed by atoms with van der Waals surface area (Å²) in [7, 11) is 1.73. The summed E-state index contributed by atoms with van der Waals surface area (Å²) in [5.74, 6) is 3.83. The fourth-order valence-electron chi connectivity index (χ4n) is 3.85. The van der Waals surface area contributed by atoms with Crippen LogP contribution in [-0.2, 0) is 0 Å². The van der Waals surface area contributed by atoms with Crippen molar-refractivity contribution in [2.24, 2.45) is 23.5 Å². The fourth-order valence-corrected chi connectivity index (χ4v) is 4.72. The van der Waals surface area contributed by atoms with Crippen LogP contribution in [0, 0.1) is 17.8 Å². The monoisotopic (exact) mass is 251 g/mol. The summed E-state index contributed by atoms with van der Waals surface area (Å²) in [5.41, 5.74) is 6.36. The van der Waals surface area contributed by atoms with Crippen molar-refractivity contribution in [1.29, 1.82) is 0 Å². The number of methoxy groups -OCH3 is 1. The van der Waals surface area contributed by atoms with Gasteiger partial charge in [-0.25, -0.2) is 0 Å². The molecule has 0 aliphatic heterocycles. The summed E-state index contributed by atoms with van der Waals surface area (Å²) >= 11 is 1.74. The van der Waals surface area contributed by atoms with E-state index in [1.165, 1.54) is 30.6 Å². The molecule has 0 spiro atoms. The van der Waals surface area contributed by atoms with Gasteiger partial charge in [0, 0.05) is 6.04 Å². The van der Waals surface area contributed by atoms with Crippen molar-refractivity contribution in [2.75, 3.05) is 7.11 Å². The normalized spacial score (nSPS) is 32.9. The molecular formula is C14H21NOS. The van der Waals surface area contributed by atoms with E-state index in [1.54, 1.807) is 18.4 Å². The Morgan fingerprint density at radius 2 is 2.35 bits per heavy atom. The number of nitrogens with two attached hydrogens (primary N) is 1. The lowest BCUT2D eigenvalue weighted by Crippen LogP contribution is -2.19. The molecule has 3 heteroatoms. The van der Waals surface area contributed by atoms with E-state index in [9.17, 15) is 0 Å². The minimum absolute atomic E-state index is 0.175. The van der Waals surface area contributed by atoms with E-state index < -0.39 is 0 Å². The summed E-state index contributed by atoms with van der Waals surface area (Å²) in [5, 5.41) is 2.08. The van der Waals surface area contributed by atoms with Crippen molar-refractivity contribution >= 4 is 11.3 Å². The molecule has 0 saturated heterocycles. The maximum atomic E-state index is 6.36. The van der Waals surface area contributed by atoms with Gasteiger partial charge in [-0.3, -0.25) is 0 Å². The zero-order valence-electron chi connectivity index (χ0n) is 10.4. The number of fused-ring (bicyclic) bond motifs is 2. The SMILES string of the molecule is COc1ccsc1C(N)CC1CC2CCC1C2. The second kappa shape index (κ2) is 4.62. The van der Waals surface area contributed by atoms with Crippen LogP contribution in [0.5, 0.6) is 5.75 Å². The van der Waals surface area contributed by atoms with Crippen LogP contribution in [0.1, 0.15) is 43.0 Å². The highest BCUT2D eigenvalue weighted by Crippen LogP contribution is 2.51. The smallest absolute Gasteiger partial charge is 0.134 e. The van der Waals surface area contributed by atoms with Gasteiger partial charge < -0.3 is 10.5 Å². The molecule has 1 aromatic heterocycles. The molecule has 2 nitrogen and oxygen atoms in total. The van der Waals surface area contributed by atoms with Crippen molar-refractivity contribution in [3.05, 3.63) is 16.3 Å². The first-order valence-electron chi connectivity index (χ1n) is 6.65. The van der Waals surface area contributed by atoms with E-state index in [2.05, 4.69) is 5.38 Å². The third-order valence-electron chi connectivity index (χ3n) is 4.66. The summed E-state index contributed by atoms with van der Waals surface area (Å²) in [6.45, 7) is 0. The van der Waals surface area contributed by atoms with Crippen LogP contribution < -0.4 is 10.5 Å². The van der Waals surface area contributed by atoms with Crippen LogP contribution in [0.25, 0.3) is 0 Å². The van der Waals surface area contributed by atoms with Gasteiger partial charge in [0.05, 0.1) is 12.0 Å². The number of hydrogen-bond donors (Lipinski definition) is 1. The van der Waals surface area contributed by atoms with Crippen LogP contribution >= 0.6 is 11.3 Å². The van der Waals surface area contributed by atoms with Crippen molar-refractivity contribution in [3.8, 4) is 5.75 Å². The van der Waals surface area contributed by atoms with Crippen LogP contribution in [0.3, 0.4) is 0 Å². The molecule has 3 rings (SSSR count). The maximum absolute atomic E-state index is 6.36. The van der Waals surface area contributed by atoms with Gasteiger partial charge in [0.25, 0.3) is 0 Å². The van der Waals surface area contributed by atoms with Gasteiger partial charge in [0.1, 0.15) is 5.75 Å². The Hall–Kier alpha value is -0.540. The van der Waals surface area contributed by atoms with Gasteiger partial charge in [-0.15, -0.1) is 11.3 Å². The second-order valence-electron chi connectivity index (χ2n) is 5.63. The van der Waals surface area contributed by atoms with Gasteiger partial charge in [0.2, 0.25) is 0 Å². The van der Waals surface area contributed by atoms with E-state index in [-0.39, 0.29) is 6.04 Å². The van der Waals surface area contributed by atoms with Crippen molar-refractivity contribution in [3.63, 3.8) is 0 Å². The standard InChI is InChI=1S/C14H21NOS/c1-16-13-4-5-17-14(13)12(15)8-11-7-9-2-3-10(11)6-9/h4-5,9-12H,2-3,6-8,15H2,1H3. The molecule has 0 amide bonds. The molecule has 2 N–H and O–H groups in total. The average molecular weight is 251 g/mol. The quantitative estimate of drug-likeness (QED) is 0.887. The molecule has 0 aromatic carbocycles. The van der Waals surface area contributed by atoms with Gasteiger partial charge in [-0.2, -0.15) is 0 Å². The largest absolute Gasteiger partial charge is 0.496 e. The fraction of sp³-hybridized carbons (Fsp3) is 0.714. The second-order valence-corrected chi connectivity index (χ2v) is 6.58. The topological polar surface area (TPSA) is 35.2 Å². The number of thiophene rings is 1. The van der Waals surface area contributed by atoms with Crippen molar-refractivity contribution < 1.29 is 4.74 Å². The third-order valence-corrected chi connectivity index (χ3v) is 5.69. The Morgan fingerprint density at radius 1 is 1.47 bits per heavy atom. The molecule has 4 unspecified atom stereocenters. The molecule has 4 atom stereocenters. The Balaban J connectivity index is 1.65. The highest BCUT2D eigenvalue weighted by atomic mass is 32.1. The molecule has 2 bridgehead atoms. The summed E-state index contributed by atoms with van der Waals surface area (Å²) in [6.07, 6.45) is 6.96. The van der Waals surface area contributed by atoms with Crippen LogP contribution in [0.2, 0.25) is 0 Å². The first-order valence-corrected chi connectivity index (χ1v) is 7.53. The lowest BCUT2D eigenvalue weighted by atomic mass is 9.84. The first kappa shape index (κ1) is 11.5. The number of ether oxygens (including phenoxy) is 1. The Kier molecular flexibility index (Phi) is 3.14. The molecule has 1 heterocycles. The van der Waals surface area contributed by atoms with Gasteiger partial charge in [0.15, 0.2) is 0 Å². The zero-order chi connectivity index (χ0) is 11.8. The average Bonchev–Trinajstić information content (AvgIpc) is 3.04. The zero-order valence-corrected chi connectivity index (χ0v) is 11.2. The predicted molar refractivity (Wildman–Crippen MR) is 71.4 cm³/mol. The number of hydrogen-bond acceptors (Lipinski definition) is 3. The molecule has 2 saturated carbocycles. The maximum Gasteiger partial charge on any atom is 0.134 e. The highest BCUT2D eigenvalue weighted by Gasteiger charge is 2.40. The lowest BCUT2D eigenvalue weighted by molar-refractivity contribution is 0.295. The molecule has 2 aliphatic carbocycles. The molecule has 2 fully saturated rings. The van der Waals surface area contributed by atoms with Gasteiger partial charge in [-0.05, 0) is 54.9 Å². The Morgan fingerprint density at radius 3 is 3.00 bits per heavy atom. The van der Waals surface area contributed by atoms with E-state index in [4.69, 9.17) is 10.5 Å². The lowest BCUT2D eigenvalue weighted by Gasteiger charge is -2.24. The molecule has 1 aromatic rings. The minimum Gasteiger partial charge on any atom is -0.496 e. The Labute approximate surface area is 107 Å². The van der Waals surface area contributed by atoms with Crippen LogP contribution in [-0.4, -0.2) is 7.11 Å². The van der Waals surface area contributed by atoms with Gasteiger partial charge >= 0.3 is 0 Å². The molecule has 94 valence electrons. The van der Waals surface area contributed by atoms with Crippen molar-refractivity contribution in [1.82, 2.24) is 0 Å². The first-order chi connectivity index (χ1) is 8.28. The third kappa shape index (κ3) is 2.11. The summed E-state index contributed by atoms with van der Waals surface area (Å²) < 4.78 is 5.36. The van der Waals surface area contributed by atoms with E-state index >= 15 is 0 Å². The molecule has 0 radical (unpaired) electrons. The summed E-state index contributed by atoms with van der Waals surface area (Å²) in [4.78, 5) is 1.23. The molecule has 17 heavy (non-hydrogen) atoms. The van der Waals surface area contributed by atoms with Crippen LogP contribution in [0.4, 0.5) is 0 Å². The van der Waals surface area contributed by atoms with E-state index in [1.807, 2.05) is 6.07 Å². The van der Waals surface area contributed by atoms with E-state index in [0.717, 1.165) is 29.9 Å². The van der Waals surface area contributed by atoms with Crippen LogP contribution in [0.15, 0.2) is 11.4 Å². The van der Waals surface area contributed by atoms with Gasteiger partial charge in [-0.1, -0.05) is 6.42 Å². The summed E-state index contributed by atoms with van der Waals surface area (Å²) in [6, 6.07) is 2.20. The Bertz CT molecular complexity index is 389.